The molecule has 1 aliphatic rings. The van der Waals surface area contributed by atoms with E-state index >= 15 is 0 Å². The molecule has 3 nitrogen and oxygen atoms in total. The summed E-state index contributed by atoms with van der Waals surface area (Å²) in [6, 6.07) is 7.07. The quantitative estimate of drug-likeness (QED) is 0.883. The summed E-state index contributed by atoms with van der Waals surface area (Å²) >= 11 is 0. The number of nitrogens with zero attached hydrogens (tertiary/aromatic N) is 2. The van der Waals surface area contributed by atoms with Gasteiger partial charge in [-0.2, -0.15) is 0 Å². The molecule has 1 aliphatic heterocycles. The molecule has 100 valence electrons. The second kappa shape index (κ2) is 5.78. The summed E-state index contributed by atoms with van der Waals surface area (Å²) in [6.45, 7) is 5.98. The average molecular weight is 251 g/mol. The zero-order valence-electron chi connectivity index (χ0n) is 11.1. The van der Waals surface area contributed by atoms with Crippen molar-refractivity contribution in [1.82, 2.24) is 9.80 Å². The molecule has 0 bridgehead atoms. The number of benzene rings is 1. The van der Waals surface area contributed by atoms with Crippen LogP contribution in [0.3, 0.4) is 0 Å². The highest BCUT2D eigenvalue weighted by Crippen LogP contribution is 2.17. The Kier molecular flexibility index (Phi) is 4.32. The molecule has 1 heterocycles. The summed E-state index contributed by atoms with van der Waals surface area (Å²) in [5.41, 5.74) is 6.73. The molecule has 18 heavy (non-hydrogen) atoms. The fraction of sp³-hybridized carbons (Fsp3) is 0.571. The van der Waals surface area contributed by atoms with Gasteiger partial charge in [-0.05, 0) is 20.0 Å². The van der Waals surface area contributed by atoms with Crippen LogP contribution in [0.4, 0.5) is 4.39 Å². The first kappa shape index (κ1) is 13.5. The highest BCUT2D eigenvalue weighted by atomic mass is 19.1. The number of hydrogen-bond acceptors (Lipinski definition) is 3. The normalized spacial score (nSPS) is 24.1. The first-order valence-corrected chi connectivity index (χ1v) is 6.50. The van der Waals surface area contributed by atoms with Crippen LogP contribution >= 0.6 is 0 Å². The second-order valence-corrected chi connectivity index (χ2v) is 5.22. The maximum Gasteiger partial charge on any atom is 0.128 e. The smallest absolute Gasteiger partial charge is 0.128 e. The van der Waals surface area contributed by atoms with Gasteiger partial charge in [0, 0.05) is 43.8 Å². The topological polar surface area (TPSA) is 32.5 Å². The van der Waals surface area contributed by atoms with Crippen LogP contribution < -0.4 is 5.73 Å². The minimum absolute atomic E-state index is 0.202. The zero-order valence-corrected chi connectivity index (χ0v) is 11.1. The standard InChI is InChI=1S/C14H22FN3/c1-11-9-18(8-7-17(11)2)10-14(16)12-5-3-4-6-13(12)15/h3-6,11,14H,7-10,16H2,1-2H3. The molecule has 2 unspecified atom stereocenters. The second-order valence-electron chi connectivity index (χ2n) is 5.22. The maximum atomic E-state index is 13.6. The summed E-state index contributed by atoms with van der Waals surface area (Å²) < 4.78 is 13.6. The lowest BCUT2D eigenvalue weighted by molar-refractivity contribution is 0.100. The lowest BCUT2D eigenvalue weighted by atomic mass is 10.1. The van der Waals surface area contributed by atoms with Crippen molar-refractivity contribution in [1.29, 1.82) is 0 Å². The van der Waals surface area contributed by atoms with Gasteiger partial charge in [0.15, 0.2) is 0 Å². The number of nitrogens with two attached hydrogens (primary N) is 1. The van der Waals surface area contributed by atoms with Gasteiger partial charge in [-0.1, -0.05) is 18.2 Å². The monoisotopic (exact) mass is 251 g/mol. The number of likely N-dealkylation sites (N-methyl/N-ethyl adjacent to an activating group) is 1. The lowest BCUT2D eigenvalue weighted by Crippen LogP contribution is -2.51. The number of hydrogen-bond donors (Lipinski definition) is 1. The summed E-state index contributed by atoms with van der Waals surface area (Å²) in [7, 11) is 2.14. The van der Waals surface area contributed by atoms with E-state index in [1.165, 1.54) is 6.07 Å². The Morgan fingerprint density at radius 2 is 2.11 bits per heavy atom. The minimum atomic E-state index is -0.248. The van der Waals surface area contributed by atoms with Gasteiger partial charge in [0.05, 0.1) is 0 Å². The van der Waals surface area contributed by atoms with Crippen molar-refractivity contribution in [3.8, 4) is 0 Å². The first-order valence-electron chi connectivity index (χ1n) is 6.50. The molecule has 0 amide bonds. The molecule has 1 fully saturated rings. The van der Waals surface area contributed by atoms with Crippen molar-refractivity contribution in [3.63, 3.8) is 0 Å². The molecule has 2 atom stereocenters. The van der Waals surface area contributed by atoms with Gasteiger partial charge >= 0.3 is 0 Å². The molecule has 0 radical (unpaired) electrons. The van der Waals surface area contributed by atoms with E-state index in [1.54, 1.807) is 12.1 Å². The maximum absolute atomic E-state index is 13.6. The van der Waals surface area contributed by atoms with Crippen molar-refractivity contribution in [3.05, 3.63) is 35.6 Å². The Balaban J connectivity index is 1.96. The molecule has 4 heteroatoms. The van der Waals surface area contributed by atoms with Crippen molar-refractivity contribution in [2.45, 2.75) is 19.0 Å². The van der Waals surface area contributed by atoms with E-state index in [1.807, 2.05) is 6.07 Å². The van der Waals surface area contributed by atoms with Crippen molar-refractivity contribution < 1.29 is 4.39 Å². The molecule has 0 aromatic heterocycles. The molecule has 2 N–H and O–H groups in total. The van der Waals surface area contributed by atoms with Crippen LogP contribution in [0.2, 0.25) is 0 Å². The van der Waals surface area contributed by atoms with E-state index in [4.69, 9.17) is 5.73 Å². The van der Waals surface area contributed by atoms with Crippen LogP contribution in [-0.4, -0.2) is 49.1 Å². The SMILES string of the molecule is CC1CN(CC(N)c2ccccc2F)CCN1C. The Hall–Kier alpha value is -0.970. The minimum Gasteiger partial charge on any atom is -0.323 e. The number of piperazine rings is 1. The molecule has 0 saturated carbocycles. The van der Waals surface area contributed by atoms with Crippen molar-refractivity contribution in [2.75, 3.05) is 33.2 Å². The average Bonchev–Trinajstić information content (AvgIpc) is 2.34. The van der Waals surface area contributed by atoms with E-state index in [0.717, 1.165) is 26.2 Å². The van der Waals surface area contributed by atoms with Gasteiger partial charge < -0.3 is 10.6 Å². The third-order valence-electron chi connectivity index (χ3n) is 3.80. The Morgan fingerprint density at radius 1 is 1.39 bits per heavy atom. The predicted octanol–water partition coefficient (Wildman–Crippen LogP) is 1.46. The summed E-state index contributed by atoms with van der Waals surface area (Å²) in [5.74, 6) is -0.202. The van der Waals surface area contributed by atoms with E-state index in [2.05, 4.69) is 23.8 Å². The van der Waals surface area contributed by atoms with Crippen molar-refractivity contribution in [2.24, 2.45) is 5.73 Å². The molecule has 0 aliphatic carbocycles. The zero-order chi connectivity index (χ0) is 13.1. The predicted molar refractivity (Wildman–Crippen MR) is 71.9 cm³/mol. The third kappa shape index (κ3) is 3.07. The highest BCUT2D eigenvalue weighted by Gasteiger charge is 2.23. The van der Waals surface area contributed by atoms with Gasteiger partial charge in [0.25, 0.3) is 0 Å². The highest BCUT2D eigenvalue weighted by molar-refractivity contribution is 5.21. The molecule has 1 saturated heterocycles. The summed E-state index contributed by atoms with van der Waals surface area (Å²) in [5, 5.41) is 0. The molecule has 1 aromatic rings. The van der Waals surface area contributed by atoms with Gasteiger partial charge in [-0.3, -0.25) is 4.90 Å². The summed E-state index contributed by atoms with van der Waals surface area (Å²) in [6.07, 6.45) is 0. The van der Waals surface area contributed by atoms with E-state index in [-0.39, 0.29) is 11.9 Å². The Morgan fingerprint density at radius 3 is 2.78 bits per heavy atom. The molecular formula is C14H22FN3. The van der Waals surface area contributed by atoms with E-state index < -0.39 is 0 Å². The van der Waals surface area contributed by atoms with E-state index in [0.29, 0.717) is 11.6 Å². The molecule has 0 spiro atoms. The number of rotatable bonds is 3. The van der Waals surface area contributed by atoms with Crippen LogP contribution in [0.25, 0.3) is 0 Å². The molecule has 1 aromatic carbocycles. The first-order chi connectivity index (χ1) is 8.58. The number of halogens is 1. The Bertz CT molecular complexity index is 396. The van der Waals surface area contributed by atoms with E-state index in [9.17, 15) is 4.39 Å². The lowest BCUT2D eigenvalue weighted by Gasteiger charge is -2.38. The van der Waals surface area contributed by atoms with Gasteiger partial charge in [0.2, 0.25) is 0 Å². The van der Waals surface area contributed by atoms with Gasteiger partial charge in [-0.25, -0.2) is 4.39 Å². The van der Waals surface area contributed by atoms with Crippen LogP contribution in [-0.2, 0) is 0 Å². The molecular weight excluding hydrogens is 229 g/mol. The fourth-order valence-corrected chi connectivity index (χ4v) is 2.44. The fourth-order valence-electron chi connectivity index (χ4n) is 2.44. The third-order valence-corrected chi connectivity index (χ3v) is 3.80. The van der Waals surface area contributed by atoms with Crippen molar-refractivity contribution >= 4 is 0 Å². The molecule has 2 rings (SSSR count). The van der Waals surface area contributed by atoms with Gasteiger partial charge in [-0.15, -0.1) is 0 Å². The van der Waals surface area contributed by atoms with Gasteiger partial charge in [0.1, 0.15) is 5.82 Å². The largest absolute Gasteiger partial charge is 0.323 e. The Labute approximate surface area is 108 Å². The van der Waals surface area contributed by atoms with Crippen LogP contribution in [0.5, 0.6) is 0 Å². The van der Waals surface area contributed by atoms with Crippen LogP contribution in [0.15, 0.2) is 24.3 Å². The van der Waals surface area contributed by atoms with Crippen LogP contribution in [0, 0.1) is 5.82 Å². The van der Waals surface area contributed by atoms with Crippen LogP contribution in [0.1, 0.15) is 18.5 Å². The summed E-state index contributed by atoms with van der Waals surface area (Å²) in [4.78, 5) is 4.66.